The van der Waals surface area contributed by atoms with E-state index in [9.17, 15) is 22.2 Å². The maximum Gasteiger partial charge on any atom is 0.277 e. The van der Waals surface area contributed by atoms with Gasteiger partial charge in [-0.3, -0.25) is 9.00 Å². The summed E-state index contributed by atoms with van der Waals surface area (Å²) in [6, 6.07) is 5.62. The highest BCUT2D eigenvalue weighted by molar-refractivity contribution is 7.85. The molecule has 0 saturated heterocycles. The molecule has 0 radical (unpaired) electrons. The van der Waals surface area contributed by atoms with Crippen molar-refractivity contribution in [2.24, 2.45) is 7.05 Å². The molecule has 0 spiro atoms. The van der Waals surface area contributed by atoms with Crippen LogP contribution < -0.4 is 10.9 Å². The summed E-state index contributed by atoms with van der Waals surface area (Å²) in [6.45, 7) is 1.54. The van der Waals surface area contributed by atoms with Crippen molar-refractivity contribution in [2.45, 2.75) is 26.3 Å². The molecule has 4 rings (SSSR count). The fourth-order valence-corrected chi connectivity index (χ4v) is 4.75. The molecule has 1 aliphatic rings. The predicted molar refractivity (Wildman–Crippen MR) is 119 cm³/mol. The van der Waals surface area contributed by atoms with Crippen LogP contribution in [0, 0.1) is 12.7 Å². The minimum Gasteiger partial charge on any atom is -0.365 e. The Bertz CT molecular complexity index is 1320. The lowest BCUT2D eigenvalue weighted by Crippen LogP contribution is -2.23. The van der Waals surface area contributed by atoms with Gasteiger partial charge >= 0.3 is 0 Å². The number of aryl methyl sites for hydroxylation is 1. The van der Waals surface area contributed by atoms with Crippen LogP contribution >= 0.6 is 0 Å². The first-order chi connectivity index (χ1) is 15.3. The van der Waals surface area contributed by atoms with E-state index in [1.54, 1.807) is 20.0 Å². The Hall–Kier alpha value is -3.01. The summed E-state index contributed by atoms with van der Waals surface area (Å²) in [6.07, 6.45) is -0.471. The fraction of sp³-hybridized carbons (Fsp3) is 0.318. The second kappa shape index (κ2) is 8.85. The van der Waals surface area contributed by atoms with Gasteiger partial charge in [-0.2, -0.15) is 0 Å². The number of allylic oxidation sites excluding steroid dienone is 1. The Kier molecular flexibility index (Phi) is 6.14. The lowest BCUT2D eigenvalue weighted by atomic mass is 10.1. The molecule has 10 heteroatoms. The van der Waals surface area contributed by atoms with Crippen molar-refractivity contribution in [1.29, 1.82) is 0 Å². The summed E-state index contributed by atoms with van der Waals surface area (Å²) in [5.41, 5.74) is 0.867. The normalized spacial score (nSPS) is 16.4. The third kappa shape index (κ3) is 4.19. The molecule has 1 unspecified atom stereocenters. The molecule has 2 aromatic heterocycles. The van der Waals surface area contributed by atoms with Crippen molar-refractivity contribution in [2.75, 3.05) is 16.8 Å². The zero-order valence-corrected chi connectivity index (χ0v) is 18.3. The maximum absolute atomic E-state index is 14.4. The first-order valence-electron chi connectivity index (χ1n) is 9.98. The molecule has 1 aromatic carbocycles. The van der Waals surface area contributed by atoms with Crippen LogP contribution in [-0.4, -0.2) is 30.2 Å². The number of halogens is 3. The van der Waals surface area contributed by atoms with E-state index in [1.165, 1.54) is 16.7 Å². The first-order valence-corrected chi connectivity index (χ1v) is 11.5. The van der Waals surface area contributed by atoms with Crippen LogP contribution in [0.15, 0.2) is 35.1 Å². The highest BCUT2D eigenvalue weighted by Crippen LogP contribution is 2.28. The van der Waals surface area contributed by atoms with E-state index < -0.39 is 28.6 Å². The van der Waals surface area contributed by atoms with Crippen LogP contribution in [0.4, 0.5) is 19.0 Å². The van der Waals surface area contributed by atoms with E-state index >= 15 is 0 Å². The SMILES string of the molecule is Cc1nc(NCc2cccc(C(F)F)c2F)c2cc(C3=CCS(=O)CC3)n(C)c(=O)c2n1. The van der Waals surface area contributed by atoms with Crippen LogP contribution in [0.3, 0.4) is 0 Å². The molecular weight excluding hydrogens is 441 g/mol. The number of pyridine rings is 1. The molecule has 0 aliphatic carbocycles. The average molecular weight is 462 g/mol. The molecule has 3 heterocycles. The highest BCUT2D eigenvalue weighted by atomic mass is 32.2. The third-order valence-electron chi connectivity index (χ3n) is 5.44. The number of aromatic nitrogens is 3. The fourth-order valence-electron chi connectivity index (χ4n) is 3.74. The summed E-state index contributed by atoms with van der Waals surface area (Å²) in [4.78, 5) is 21.7. The summed E-state index contributed by atoms with van der Waals surface area (Å²) < 4.78 is 53.7. The molecule has 1 N–H and O–H groups in total. The van der Waals surface area contributed by atoms with Crippen LogP contribution in [-0.2, 0) is 24.4 Å². The van der Waals surface area contributed by atoms with Crippen molar-refractivity contribution in [1.82, 2.24) is 14.5 Å². The number of nitrogens with zero attached hydrogens (tertiary/aromatic N) is 3. The minimum absolute atomic E-state index is 0.0636. The lowest BCUT2D eigenvalue weighted by molar-refractivity contribution is 0.146. The van der Waals surface area contributed by atoms with Gasteiger partial charge < -0.3 is 9.88 Å². The van der Waals surface area contributed by atoms with Gasteiger partial charge in [-0.15, -0.1) is 0 Å². The van der Waals surface area contributed by atoms with Crippen LogP contribution in [0.1, 0.15) is 35.5 Å². The number of hydrogen-bond acceptors (Lipinski definition) is 5. The maximum atomic E-state index is 14.4. The second-order valence-electron chi connectivity index (χ2n) is 7.54. The number of fused-ring (bicyclic) bond motifs is 1. The van der Waals surface area contributed by atoms with E-state index in [2.05, 4.69) is 15.3 Å². The monoisotopic (exact) mass is 462 g/mol. The molecule has 3 aromatic rings. The topological polar surface area (TPSA) is 76.9 Å². The van der Waals surface area contributed by atoms with E-state index in [4.69, 9.17) is 0 Å². The molecule has 32 heavy (non-hydrogen) atoms. The van der Waals surface area contributed by atoms with Gasteiger partial charge in [-0.25, -0.2) is 23.1 Å². The van der Waals surface area contributed by atoms with E-state index in [0.717, 1.165) is 11.6 Å². The second-order valence-corrected chi connectivity index (χ2v) is 9.16. The lowest BCUT2D eigenvalue weighted by Gasteiger charge is -2.18. The molecule has 0 bridgehead atoms. The van der Waals surface area contributed by atoms with Gasteiger partial charge in [-0.05, 0) is 25.0 Å². The van der Waals surface area contributed by atoms with Gasteiger partial charge in [-0.1, -0.05) is 24.3 Å². The van der Waals surface area contributed by atoms with Crippen molar-refractivity contribution >= 4 is 33.1 Å². The molecule has 0 fully saturated rings. The molecule has 1 aliphatic heterocycles. The molecule has 0 saturated carbocycles. The third-order valence-corrected chi connectivity index (χ3v) is 6.64. The molecule has 0 amide bonds. The van der Waals surface area contributed by atoms with Crippen molar-refractivity contribution in [3.8, 4) is 0 Å². The number of hydrogen-bond donors (Lipinski definition) is 1. The van der Waals surface area contributed by atoms with Gasteiger partial charge in [0.2, 0.25) is 0 Å². The van der Waals surface area contributed by atoms with Crippen LogP contribution in [0.5, 0.6) is 0 Å². The standard InChI is InChI=1S/C22H21F3N4O2S/c1-12-27-19-16(10-17(29(2)22(19)30)13-6-8-32(31)9-7-13)21(28-12)26-11-14-4-3-5-15(18(14)23)20(24)25/h3-6,10,20H,7-9,11H2,1-2H3,(H,26,27,28). The number of nitrogens with one attached hydrogen (secondary N) is 1. The van der Waals surface area contributed by atoms with Gasteiger partial charge in [0.15, 0.2) is 0 Å². The van der Waals surface area contributed by atoms with Gasteiger partial charge in [0.1, 0.15) is 23.0 Å². The zero-order chi connectivity index (χ0) is 23.0. The van der Waals surface area contributed by atoms with E-state index in [1.807, 2.05) is 6.08 Å². The van der Waals surface area contributed by atoms with Crippen molar-refractivity contribution in [3.05, 3.63) is 69.2 Å². The molecule has 168 valence electrons. The summed E-state index contributed by atoms with van der Waals surface area (Å²) >= 11 is 0. The minimum atomic E-state index is -2.92. The summed E-state index contributed by atoms with van der Waals surface area (Å²) in [5, 5.41) is 3.43. The Balaban J connectivity index is 1.78. The highest BCUT2D eigenvalue weighted by Gasteiger charge is 2.19. The summed E-state index contributed by atoms with van der Waals surface area (Å²) in [5.74, 6) is 0.638. The van der Waals surface area contributed by atoms with Crippen LogP contribution in [0.2, 0.25) is 0 Å². The Morgan fingerprint density at radius 1 is 1.28 bits per heavy atom. The summed E-state index contributed by atoms with van der Waals surface area (Å²) in [7, 11) is 0.749. The first kappa shape index (κ1) is 22.2. The number of benzene rings is 1. The molecule has 6 nitrogen and oxygen atoms in total. The Labute approximate surface area is 184 Å². The average Bonchev–Trinajstić information content (AvgIpc) is 2.76. The number of anilines is 1. The van der Waals surface area contributed by atoms with E-state index in [0.29, 0.717) is 40.6 Å². The van der Waals surface area contributed by atoms with E-state index in [-0.39, 0.29) is 23.2 Å². The quantitative estimate of drug-likeness (QED) is 0.623. The van der Waals surface area contributed by atoms with Crippen LogP contribution in [0.25, 0.3) is 16.5 Å². The molecular formula is C22H21F3N4O2S. The van der Waals surface area contributed by atoms with Gasteiger partial charge in [0.05, 0.1) is 10.9 Å². The zero-order valence-electron chi connectivity index (χ0n) is 17.5. The number of alkyl halides is 2. The van der Waals surface area contributed by atoms with Gasteiger partial charge in [0, 0.05) is 47.2 Å². The smallest absolute Gasteiger partial charge is 0.277 e. The Morgan fingerprint density at radius 2 is 2.06 bits per heavy atom. The Morgan fingerprint density at radius 3 is 2.75 bits per heavy atom. The number of rotatable bonds is 5. The van der Waals surface area contributed by atoms with Crippen molar-refractivity contribution < 1.29 is 17.4 Å². The van der Waals surface area contributed by atoms with Gasteiger partial charge in [0.25, 0.3) is 12.0 Å². The predicted octanol–water partition coefficient (Wildman–Crippen LogP) is 3.86. The van der Waals surface area contributed by atoms with Crippen molar-refractivity contribution in [3.63, 3.8) is 0 Å². The largest absolute Gasteiger partial charge is 0.365 e. The molecule has 1 atom stereocenters.